The maximum absolute atomic E-state index is 11.6. The molecule has 0 aromatic carbocycles. The number of hydrogen-bond acceptors (Lipinski definition) is 7. The van der Waals surface area contributed by atoms with Crippen molar-refractivity contribution in [2.45, 2.75) is 18.1 Å². The van der Waals surface area contributed by atoms with E-state index in [2.05, 4.69) is 5.16 Å². The number of nitrogens with two attached hydrogens (primary N) is 1. The molecule has 7 nitrogen and oxygen atoms in total. The van der Waals surface area contributed by atoms with Crippen molar-refractivity contribution in [2.24, 2.45) is 10.9 Å². The molecule has 1 fully saturated rings. The predicted octanol–water partition coefficient (Wildman–Crippen LogP) is 1.72. The van der Waals surface area contributed by atoms with Gasteiger partial charge < -0.3 is 10.6 Å². The lowest BCUT2D eigenvalue weighted by molar-refractivity contribution is -0.380. The zero-order chi connectivity index (χ0) is 13.8. The van der Waals surface area contributed by atoms with Crippen LogP contribution in [0.1, 0.15) is 17.7 Å². The average Bonchev–Trinajstić information content (AvgIpc) is 3.05. The van der Waals surface area contributed by atoms with Gasteiger partial charge in [-0.05, 0) is 24.7 Å². The van der Waals surface area contributed by atoms with Gasteiger partial charge in [0.05, 0.1) is 9.80 Å². The maximum atomic E-state index is 11.6. The van der Waals surface area contributed by atoms with Crippen molar-refractivity contribution in [3.05, 3.63) is 27.1 Å². The van der Waals surface area contributed by atoms with E-state index < -0.39 is 10.9 Å². The minimum atomic E-state index is -0.511. The fourth-order valence-corrected chi connectivity index (χ4v) is 3.37. The summed E-state index contributed by atoms with van der Waals surface area (Å²) < 4.78 is 0. The highest BCUT2D eigenvalue weighted by Crippen LogP contribution is 2.27. The summed E-state index contributed by atoms with van der Waals surface area (Å²) in [5.41, 5.74) is 5.61. The van der Waals surface area contributed by atoms with Crippen LogP contribution in [0, 0.1) is 10.1 Å². The van der Waals surface area contributed by atoms with Crippen LogP contribution < -0.4 is 5.73 Å². The standard InChI is InChI=1S/C10H11N3O4S2/c11-9(6-3-4-8(19-6)13(15)16)12-17-10(14)7-2-1-5-18-7/h3-4,7H,1-2,5H2,(H2,11,12)/t7-/m0/s1. The fraction of sp³-hybridized carbons (Fsp3) is 0.400. The summed E-state index contributed by atoms with van der Waals surface area (Å²) in [5, 5.41) is 13.8. The quantitative estimate of drug-likeness (QED) is 0.298. The lowest BCUT2D eigenvalue weighted by Gasteiger charge is -2.03. The third-order valence-corrected chi connectivity index (χ3v) is 4.87. The molecule has 19 heavy (non-hydrogen) atoms. The number of oxime groups is 1. The third-order valence-electron chi connectivity index (χ3n) is 2.45. The van der Waals surface area contributed by atoms with Crippen molar-refractivity contribution < 1.29 is 14.6 Å². The molecule has 2 rings (SSSR count). The molecule has 1 atom stereocenters. The van der Waals surface area contributed by atoms with Crippen molar-refractivity contribution >= 4 is 39.9 Å². The van der Waals surface area contributed by atoms with Gasteiger partial charge in [0.2, 0.25) is 0 Å². The van der Waals surface area contributed by atoms with Crippen LogP contribution in [0.3, 0.4) is 0 Å². The zero-order valence-electron chi connectivity index (χ0n) is 9.77. The number of hydrogen-bond donors (Lipinski definition) is 1. The van der Waals surface area contributed by atoms with E-state index in [1.165, 1.54) is 23.9 Å². The number of nitro groups is 1. The smallest absolute Gasteiger partial charge is 0.347 e. The predicted molar refractivity (Wildman–Crippen MR) is 73.3 cm³/mol. The first-order valence-electron chi connectivity index (χ1n) is 5.48. The van der Waals surface area contributed by atoms with Gasteiger partial charge in [0.1, 0.15) is 5.25 Å². The van der Waals surface area contributed by atoms with E-state index >= 15 is 0 Å². The maximum Gasteiger partial charge on any atom is 0.347 e. The summed E-state index contributed by atoms with van der Waals surface area (Å²) in [6, 6.07) is 2.80. The number of nitrogens with zero attached hydrogens (tertiary/aromatic N) is 2. The van der Waals surface area contributed by atoms with E-state index in [-0.39, 0.29) is 16.1 Å². The van der Waals surface area contributed by atoms with E-state index in [1.807, 2.05) is 0 Å². The molecule has 0 spiro atoms. The lowest BCUT2D eigenvalue weighted by Crippen LogP contribution is -2.18. The van der Waals surface area contributed by atoms with Crippen molar-refractivity contribution in [1.29, 1.82) is 0 Å². The minimum Gasteiger partial charge on any atom is -0.380 e. The van der Waals surface area contributed by atoms with Gasteiger partial charge in [0.25, 0.3) is 0 Å². The van der Waals surface area contributed by atoms with Gasteiger partial charge in [0, 0.05) is 6.07 Å². The second kappa shape index (κ2) is 6.02. The van der Waals surface area contributed by atoms with Crippen LogP contribution in [0.5, 0.6) is 0 Å². The summed E-state index contributed by atoms with van der Waals surface area (Å²) in [6.45, 7) is 0. The van der Waals surface area contributed by atoms with Gasteiger partial charge in [0.15, 0.2) is 5.84 Å². The third kappa shape index (κ3) is 3.44. The molecule has 102 valence electrons. The number of thiophene rings is 1. The van der Waals surface area contributed by atoms with Gasteiger partial charge in [-0.1, -0.05) is 16.5 Å². The average molecular weight is 301 g/mol. The van der Waals surface area contributed by atoms with Crippen molar-refractivity contribution in [3.8, 4) is 0 Å². The molecule has 1 aromatic heterocycles. The first-order valence-corrected chi connectivity index (χ1v) is 7.35. The van der Waals surface area contributed by atoms with Crippen LogP contribution in [0.4, 0.5) is 5.00 Å². The molecule has 0 unspecified atom stereocenters. The number of rotatable bonds is 4. The second-order valence-electron chi connectivity index (χ2n) is 3.78. The van der Waals surface area contributed by atoms with Crippen LogP contribution in [-0.4, -0.2) is 27.7 Å². The molecule has 0 amide bonds. The zero-order valence-corrected chi connectivity index (χ0v) is 11.4. The molecular weight excluding hydrogens is 290 g/mol. The SMILES string of the molecule is N/C(=N/OC(=O)[C@@H]1CCCS1)c1ccc([N+](=O)[O-])s1. The van der Waals surface area contributed by atoms with Crippen molar-refractivity contribution in [2.75, 3.05) is 5.75 Å². The monoisotopic (exact) mass is 301 g/mol. The Morgan fingerprint density at radius 3 is 2.95 bits per heavy atom. The number of amidine groups is 1. The van der Waals surface area contributed by atoms with Crippen LogP contribution >= 0.6 is 23.1 Å². The van der Waals surface area contributed by atoms with Gasteiger partial charge >= 0.3 is 11.0 Å². The van der Waals surface area contributed by atoms with Gasteiger partial charge in [-0.15, -0.1) is 11.8 Å². The number of carbonyl (C=O) groups excluding carboxylic acids is 1. The fourth-order valence-electron chi connectivity index (χ4n) is 1.52. The first-order chi connectivity index (χ1) is 9.08. The highest BCUT2D eigenvalue weighted by molar-refractivity contribution is 8.00. The Balaban J connectivity index is 1.97. The highest BCUT2D eigenvalue weighted by Gasteiger charge is 2.25. The topological polar surface area (TPSA) is 108 Å². The molecule has 0 radical (unpaired) electrons. The molecular formula is C10H11N3O4S2. The normalized spacial score (nSPS) is 19.4. The Labute approximate surface area is 116 Å². The van der Waals surface area contributed by atoms with Crippen LogP contribution in [0.15, 0.2) is 17.3 Å². The largest absolute Gasteiger partial charge is 0.380 e. The lowest BCUT2D eigenvalue weighted by atomic mass is 10.2. The van der Waals surface area contributed by atoms with Gasteiger partial charge in [-0.3, -0.25) is 10.1 Å². The van der Waals surface area contributed by atoms with E-state index in [1.54, 1.807) is 0 Å². The second-order valence-corrected chi connectivity index (χ2v) is 6.16. The van der Waals surface area contributed by atoms with Crippen LogP contribution in [0.2, 0.25) is 0 Å². The first kappa shape index (κ1) is 13.8. The molecule has 2 heterocycles. The summed E-state index contributed by atoms with van der Waals surface area (Å²) in [7, 11) is 0. The summed E-state index contributed by atoms with van der Waals surface area (Å²) in [5.74, 6) is 0.488. The Kier molecular flexibility index (Phi) is 4.38. The summed E-state index contributed by atoms with van der Waals surface area (Å²) in [6.07, 6.45) is 1.77. The number of thioether (sulfide) groups is 1. The van der Waals surface area contributed by atoms with Crippen LogP contribution in [-0.2, 0) is 9.63 Å². The molecule has 0 saturated carbocycles. The molecule has 1 aliphatic rings. The summed E-state index contributed by atoms with van der Waals surface area (Å²) >= 11 is 2.42. The minimum absolute atomic E-state index is 0.0329. The highest BCUT2D eigenvalue weighted by atomic mass is 32.2. The Bertz CT molecular complexity index is 523. The van der Waals surface area contributed by atoms with Crippen molar-refractivity contribution in [1.82, 2.24) is 0 Å². The molecule has 1 aliphatic heterocycles. The molecule has 2 N–H and O–H groups in total. The Morgan fingerprint density at radius 2 is 2.37 bits per heavy atom. The molecule has 0 aliphatic carbocycles. The van der Waals surface area contributed by atoms with E-state index in [4.69, 9.17) is 10.6 Å². The molecule has 0 bridgehead atoms. The van der Waals surface area contributed by atoms with Gasteiger partial charge in [-0.25, -0.2) is 4.79 Å². The molecule has 1 saturated heterocycles. The number of carbonyl (C=O) groups is 1. The Morgan fingerprint density at radius 1 is 1.58 bits per heavy atom. The van der Waals surface area contributed by atoms with E-state index in [0.717, 1.165) is 29.9 Å². The van der Waals surface area contributed by atoms with Crippen molar-refractivity contribution in [3.63, 3.8) is 0 Å². The molecule has 1 aromatic rings. The summed E-state index contributed by atoms with van der Waals surface area (Å²) in [4.78, 5) is 26.8. The van der Waals surface area contributed by atoms with Gasteiger partial charge in [-0.2, -0.15) is 0 Å². The van der Waals surface area contributed by atoms with E-state index in [9.17, 15) is 14.9 Å². The van der Waals surface area contributed by atoms with Crippen LogP contribution in [0.25, 0.3) is 0 Å². The Hall–Kier alpha value is -1.61. The molecule has 9 heteroatoms. The van der Waals surface area contributed by atoms with E-state index in [0.29, 0.717) is 4.88 Å².